The van der Waals surface area contributed by atoms with E-state index in [1.54, 1.807) is 11.3 Å². The normalized spacial score (nSPS) is 21.4. The van der Waals surface area contributed by atoms with Crippen molar-refractivity contribution in [2.24, 2.45) is 5.92 Å². The predicted octanol–water partition coefficient (Wildman–Crippen LogP) is 2.42. The van der Waals surface area contributed by atoms with Gasteiger partial charge in [0.1, 0.15) is 5.82 Å². The molecule has 2 amide bonds. The van der Waals surface area contributed by atoms with E-state index < -0.39 is 0 Å². The van der Waals surface area contributed by atoms with Crippen LogP contribution in [0.15, 0.2) is 22.3 Å². The molecule has 5 rings (SSSR count). The van der Waals surface area contributed by atoms with Gasteiger partial charge in [0.25, 0.3) is 5.56 Å². The molecule has 2 fully saturated rings. The van der Waals surface area contributed by atoms with Crippen LogP contribution in [-0.2, 0) is 29.0 Å². The van der Waals surface area contributed by atoms with Crippen LogP contribution in [-0.4, -0.2) is 44.7 Å². The minimum atomic E-state index is -0.210. The number of nitrogens with one attached hydrogen (secondary N) is 1. The van der Waals surface area contributed by atoms with Gasteiger partial charge in [-0.2, -0.15) is 0 Å². The van der Waals surface area contributed by atoms with Crippen LogP contribution in [0.2, 0.25) is 0 Å². The number of nitrogens with zero attached hydrogens (tertiary/aromatic N) is 3. The molecule has 1 saturated carbocycles. The molecule has 158 valence electrons. The van der Waals surface area contributed by atoms with Crippen molar-refractivity contribution in [3.63, 3.8) is 0 Å². The Hall–Kier alpha value is -2.48. The minimum Gasteiger partial charge on any atom is -0.336 e. The van der Waals surface area contributed by atoms with E-state index in [2.05, 4.69) is 4.98 Å². The maximum absolute atomic E-state index is 13.0. The third kappa shape index (κ3) is 3.80. The Morgan fingerprint density at radius 1 is 1.20 bits per heavy atom. The molecule has 1 unspecified atom stereocenters. The maximum atomic E-state index is 13.0. The highest BCUT2D eigenvalue weighted by atomic mass is 32.1. The number of aromatic nitrogens is 2. The Morgan fingerprint density at radius 2 is 2.07 bits per heavy atom. The van der Waals surface area contributed by atoms with Crippen molar-refractivity contribution >= 4 is 23.2 Å². The molecule has 1 atom stereocenters. The fraction of sp³-hybridized carbons (Fsp3) is 0.545. The quantitative estimate of drug-likeness (QED) is 0.814. The molecular formula is C22H26N4O3S. The van der Waals surface area contributed by atoms with Gasteiger partial charge in [-0.15, -0.1) is 11.3 Å². The lowest BCUT2D eigenvalue weighted by Crippen LogP contribution is -2.43. The van der Waals surface area contributed by atoms with Crippen molar-refractivity contribution in [1.82, 2.24) is 19.8 Å². The molecule has 2 aromatic rings. The van der Waals surface area contributed by atoms with Crippen molar-refractivity contribution in [3.05, 3.63) is 49.8 Å². The van der Waals surface area contributed by atoms with Crippen LogP contribution >= 0.6 is 11.3 Å². The van der Waals surface area contributed by atoms with Crippen molar-refractivity contribution < 1.29 is 9.59 Å². The summed E-state index contributed by atoms with van der Waals surface area (Å²) in [4.78, 5) is 50.8. The molecule has 3 aliphatic rings. The number of hydrogen-bond acceptors (Lipinski definition) is 5. The average molecular weight is 427 g/mol. The SMILES string of the molecule is O=C(C1CC1)N1CCc2c(nc(C3CCCCN3C(=O)Cc3cccs3)[nH]c2=O)C1. The number of thiophene rings is 1. The van der Waals surface area contributed by atoms with E-state index in [1.807, 2.05) is 27.3 Å². The fourth-order valence-electron chi connectivity index (χ4n) is 4.57. The molecule has 2 aromatic heterocycles. The molecule has 4 heterocycles. The molecule has 8 heteroatoms. The van der Waals surface area contributed by atoms with Crippen molar-refractivity contribution in [2.75, 3.05) is 13.1 Å². The molecule has 0 bridgehead atoms. The number of piperidine rings is 1. The summed E-state index contributed by atoms with van der Waals surface area (Å²) in [6, 6.07) is 3.73. The van der Waals surface area contributed by atoms with Crippen LogP contribution in [0.3, 0.4) is 0 Å². The standard InChI is InChI=1S/C22H26N4O3S/c27-19(12-15-4-3-11-30-15)26-9-2-1-5-18(26)20-23-17-13-25(22(29)14-6-7-14)10-8-16(17)21(28)24-20/h3-4,11,14,18H,1-2,5-10,12-13H2,(H,23,24,28). The monoisotopic (exact) mass is 426 g/mol. The first-order valence-corrected chi connectivity index (χ1v) is 11.7. The summed E-state index contributed by atoms with van der Waals surface area (Å²) in [6.07, 6.45) is 5.63. The maximum Gasteiger partial charge on any atom is 0.254 e. The second kappa shape index (κ2) is 7.98. The van der Waals surface area contributed by atoms with Gasteiger partial charge in [-0.3, -0.25) is 14.4 Å². The Morgan fingerprint density at radius 3 is 2.83 bits per heavy atom. The van der Waals surface area contributed by atoms with E-state index in [4.69, 9.17) is 4.98 Å². The molecule has 1 saturated heterocycles. The lowest BCUT2D eigenvalue weighted by atomic mass is 9.99. The van der Waals surface area contributed by atoms with Gasteiger partial charge in [0.15, 0.2) is 0 Å². The third-order valence-electron chi connectivity index (χ3n) is 6.37. The van der Waals surface area contributed by atoms with Gasteiger partial charge in [-0.05, 0) is 50.0 Å². The number of hydrogen-bond donors (Lipinski definition) is 1. The number of fused-ring (bicyclic) bond motifs is 1. The molecule has 0 aromatic carbocycles. The van der Waals surface area contributed by atoms with Gasteiger partial charge >= 0.3 is 0 Å². The Bertz CT molecular complexity index is 1010. The molecule has 2 aliphatic heterocycles. The molecule has 0 radical (unpaired) electrons. The van der Waals surface area contributed by atoms with Crippen LogP contribution in [0.5, 0.6) is 0 Å². The van der Waals surface area contributed by atoms with E-state index in [9.17, 15) is 14.4 Å². The highest BCUT2D eigenvalue weighted by Gasteiger charge is 2.36. The first-order chi connectivity index (χ1) is 14.6. The van der Waals surface area contributed by atoms with Gasteiger partial charge in [0, 0.05) is 29.4 Å². The Balaban J connectivity index is 1.40. The van der Waals surface area contributed by atoms with Gasteiger partial charge in [0.2, 0.25) is 11.8 Å². The summed E-state index contributed by atoms with van der Waals surface area (Å²) in [5.41, 5.74) is 1.26. The predicted molar refractivity (Wildman–Crippen MR) is 113 cm³/mol. The third-order valence-corrected chi connectivity index (χ3v) is 7.25. The van der Waals surface area contributed by atoms with Gasteiger partial charge in [-0.1, -0.05) is 6.07 Å². The van der Waals surface area contributed by atoms with Crippen molar-refractivity contribution in [1.29, 1.82) is 0 Å². The summed E-state index contributed by atoms with van der Waals surface area (Å²) in [5, 5.41) is 1.98. The number of rotatable bonds is 4. The number of likely N-dealkylation sites (tertiary alicyclic amines) is 1. The van der Waals surface area contributed by atoms with Crippen LogP contribution in [0.25, 0.3) is 0 Å². The topological polar surface area (TPSA) is 86.4 Å². The van der Waals surface area contributed by atoms with Gasteiger partial charge in [0.05, 0.1) is 24.7 Å². The van der Waals surface area contributed by atoms with Crippen molar-refractivity contribution in [3.8, 4) is 0 Å². The first-order valence-electron chi connectivity index (χ1n) is 10.8. The van der Waals surface area contributed by atoms with Crippen LogP contribution in [0.4, 0.5) is 0 Å². The fourth-order valence-corrected chi connectivity index (χ4v) is 5.27. The molecule has 7 nitrogen and oxygen atoms in total. The molecule has 0 spiro atoms. The van der Waals surface area contributed by atoms with Gasteiger partial charge in [-0.25, -0.2) is 4.98 Å². The molecule has 30 heavy (non-hydrogen) atoms. The summed E-state index contributed by atoms with van der Waals surface area (Å²) in [6.45, 7) is 1.67. The second-order valence-electron chi connectivity index (χ2n) is 8.52. The molecule has 1 aliphatic carbocycles. The highest BCUT2D eigenvalue weighted by Crippen LogP contribution is 2.33. The highest BCUT2D eigenvalue weighted by molar-refractivity contribution is 7.10. The minimum absolute atomic E-state index is 0.0769. The molecule has 1 N–H and O–H groups in total. The molecular weight excluding hydrogens is 400 g/mol. The smallest absolute Gasteiger partial charge is 0.254 e. The zero-order valence-corrected chi connectivity index (χ0v) is 17.7. The zero-order chi connectivity index (χ0) is 20.7. The summed E-state index contributed by atoms with van der Waals surface area (Å²) >= 11 is 1.59. The van der Waals surface area contributed by atoms with Crippen LogP contribution in [0.1, 0.15) is 60.1 Å². The van der Waals surface area contributed by atoms with E-state index >= 15 is 0 Å². The number of carbonyl (C=O) groups excluding carboxylic acids is 2. The summed E-state index contributed by atoms with van der Waals surface area (Å²) in [7, 11) is 0. The number of H-pyrrole nitrogens is 1. The van der Waals surface area contributed by atoms with Crippen LogP contribution in [0, 0.1) is 5.92 Å². The number of carbonyl (C=O) groups is 2. The Labute approximate surface area is 179 Å². The number of aromatic amines is 1. The van der Waals surface area contributed by atoms with E-state index in [0.29, 0.717) is 49.6 Å². The van der Waals surface area contributed by atoms with E-state index in [-0.39, 0.29) is 29.3 Å². The van der Waals surface area contributed by atoms with Crippen molar-refractivity contribution in [2.45, 2.75) is 57.5 Å². The Kier molecular flexibility index (Phi) is 5.18. The van der Waals surface area contributed by atoms with E-state index in [1.165, 1.54) is 0 Å². The average Bonchev–Trinajstić information content (AvgIpc) is 3.49. The lowest BCUT2D eigenvalue weighted by Gasteiger charge is -2.36. The zero-order valence-electron chi connectivity index (χ0n) is 16.9. The van der Waals surface area contributed by atoms with E-state index in [0.717, 1.165) is 37.0 Å². The largest absolute Gasteiger partial charge is 0.336 e. The summed E-state index contributed by atoms with van der Waals surface area (Å²) < 4.78 is 0. The van der Waals surface area contributed by atoms with Gasteiger partial charge < -0.3 is 14.8 Å². The number of amides is 2. The lowest BCUT2D eigenvalue weighted by molar-refractivity contribution is -0.134. The summed E-state index contributed by atoms with van der Waals surface area (Å²) in [5.74, 6) is 0.998. The second-order valence-corrected chi connectivity index (χ2v) is 9.55. The first kappa shape index (κ1) is 19.5. The van der Waals surface area contributed by atoms with Crippen LogP contribution < -0.4 is 5.56 Å².